The van der Waals surface area contributed by atoms with Crippen molar-refractivity contribution < 1.29 is 23.8 Å². The number of halogens is 1. The van der Waals surface area contributed by atoms with Gasteiger partial charge in [-0.2, -0.15) is 0 Å². The summed E-state index contributed by atoms with van der Waals surface area (Å²) in [5, 5.41) is 3.79. The second-order valence-electron chi connectivity index (χ2n) is 8.05. The van der Waals surface area contributed by atoms with Crippen molar-refractivity contribution in [2.24, 2.45) is 0 Å². The molecule has 172 valence electrons. The van der Waals surface area contributed by atoms with Gasteiger partial charge in [0.25, 0.3) is 0 Å². The number of carbonyl (C=O) groups is 2. The molecule has 0 fully saturated rings. The Kier molecular flexibility index (Phi) is 6.75. The van der Waals surface area contributed by atoms with Gasteiger partial charge in [0, 0.05) is 34.9 Å². The molecule has 2 aliphatic rings. The summed E-state index contributed by atoms with van der Waals surface area (Å²) in [6.07, 6.45) is 2.02. The van der Waals surface area contributed by atoms with E-state index in [4.69, 9.17) is 25.8 Å². The fourth-order valence-electron chi connectivity index (χ4n) is 4.51. The van der Waals surface area contributed by atoms with Crippen LogP contribution >= 0.6 is 11.6 Å². The molecular formula is C26H26ClNO5. The molecule has 0 radical (unpaired) electrons. The van der Waals surface area contributed by atoms with Crippen LogP contribution in [-0.4, -0.2) is 26.0 Å². The van der Waals surface area contributed by atoms with Crippen molar-refractivity contribution in [1.82, 2.24) is 5.32 Å². The van der Waals surface area contributed by atoms with E-state index in [0.717, 1.165) is 29.7 Å². The van der Waals surface area contributed by atoms with Gasteiger partial charge in [-0.05, 0) is 49.6 Å². The molecule has 0 unspecified atom stereocenters. The van der Waals surface area contributed by atoms with Gasteiger partial charge in [-0.15, -0.1) is 0 Å². The molecule has 0 aromatic heterocycles. The van der Waals surface area contributed by atoms with E-state index in [-0.39, 0.29) is 12.4 Å². The van der Waals surface area contributed by atoms with E-state index in [1.165, 1.54) is 7.11 Å². The molecule has 1 aliphatic heterocycles. The zero-order valence-corrected chi connectivity index (χ0v) is 19.6. The smallest absolute Gasteiger partial charge is 0.336 e. The minimum absolute atomic E-state index is 0.0485. The number of ether oxygens (including phenoxy) is 3. The van der Waals surface area contributed by atoms with Crippen molar-refractivity contribution in [2.75, 3.05) is 14.2 Å². The fraction of sp³-hybridized carbons (Fsp3) is 0.308. The van der Waals surface area contributed by atoms with Crippen LogP contribution in [0.15, 0.2) is 65.0 Å². The number of carbonyl (C=O) groups excluding carboxylic acids is 2. The fourth-order valence-corrected chi connectivity index (χ4v) is 4.70. The second kappa shape index (κ2) is 9.71. The van der Waals surface area contributed by atoms with E-state index in [2.05, 4.69) is 5.32 Å². The van der Waals surface area contributed by atoms with Crippen LogP contribution in [0.3, 0.4) is 0 Å². The summed E-state index contributed by atoms with van der Waals surface area (Å²) in [6, 6.07) is 12.9. The first-order valence-corrected chi connectivity index (χ1v) is 11.2. The Morgan fingerprint density at radius 2 is 1.91 bits per heavy atom. The van der Waals surface area contributed by atoms with Crippen molar-refractivity contribution in [1.29, 1.82) is 0 Å². The topological polar surface area (TPSA) is 73.9 Å². The largest absolute Gasteiger partial charge is 0.496 e. The van der Waals surface area contributed by atoms with E-state index in [1.807, 2.05) is 37.3 Å². The SMILES string of the molecule is COC(=O)C1=C(C)NC2=C(C(=O)CCC2)[C@@H]1c1ccc(OC)c(COc2ccccc2Cl)c1. The number of hydrogen-bond acceptors (Lipinski definition) is 6. The highest BCUT2D eigenvalue weighted by Gasteiger charge is 2.39. The summed E-state index contributed by atoms with van der Waals surface area (Å²) in [7, 11) is 2.94. The number of allylic oxidation sites excluding steroid dienone is 3. The third-order valence-electron chi connectivity index (χ3n) is 6.04. The molecule has 1 aliphatic carbocycles. The van der Waals surface area contributed by atoms with Crippen molar-refractivity contribution in [3.8, 4) is 11.5 Å². The van der Waals surface area contributed by atoms with E-state index in [0.29, 0.717) is 39.8 Å². The molecule has 0 amide bonds. The number of Topliss-reactive ketones (excluding diaryl/α,β-unsaturated/α-hetero) is 1. The molecule has 0 spiro atoms. The molecular weight excluding hydrogens is 442 g/mol. The first-order chi connectivity index (χ1) is 15.9. The lowest BCUT2D eigenvalue weighted by atomic mass is 9.75. The summed E-state index contributed by atoms with van der Waals surface area (Å²) in [5.41, 5.74) is 4.24. The lowest BCUT2D eigenvalue weighted by Gasteiger charge is -2.34. The molecule has 6 nitrogen and oxygen atoms in total. The molecule has 0 saturated carbocycles. The van der Waals surface area contributed by atoms with Gasteiger partial charge < -0.3 is 19.5 Å². The summed E-state index contributed by atoms with van der Waals surface area (Å²) in [4.78, 5) is 25.8. The van der Waals surface area contributed by atoms with Gasteiger partial charge >= 0.3 is 5.97 Å². The highest BCUT2D eigenvalue weighted by molar-refractivity contribution is 6.32. The average molecular weight is 468 g/mol. The van der Waals surface area contributed by atoms with E-state index in [9.17, 15) is 9.59 Å². The van der Waals surface area contributed by atoms with Gasteiger partial charge in [-0.25, -0.2) is 4.79 Å². The van der Waals surface area contributed by atoms with Crippen LogP contribution in [0, 0.1) is 0 Å². The standard InChI is InChI=1S/C26H26ClNO5/c1-15-23(26(30)32-3)24(25-19(28-15)8-6-9-20(25)29)16-11-12-21(31-2)17(13-16)14-33-22-10-5-4-7-18(22)27/h4-5,7,10-13,24,28H,6,8-9,14H2,1-3H3/t24-/m1/s1. The van der Waals surface area contributed by atoms with Gasteiger partial charge in [0.2, 0.25) is 0 Å². The summed E-state index contributed by atoms with van der Waals surface area (Å²) >= 11 is 6.23. The average Bonchev–Trinajstić information content (AvgIpc) is 2.82. The Labute approximate surface area is 198 Å². The van der Waals surface area contributed by atoms with Crippen LogP contribution in [0.25, 0.3) is 0 Å². The van der Waals surface area contributed by atoms with Gasteiger partial charge in [-0.1, -0.05) is 29.8 Å². The van der Waals surface area contributed by atoms with Gasteiger partial charge in [0.1, 0.15) is 18.1 Å². The van der Waals surface area contributed by atoms with Crippen LogP contribution in [0.2, 0.25) is 5.02 Å². The molecule has 4 rings (SSSR count). The normalized spacial score (nSPS) is 17.9. The van der Waals surface area contributed by atoms with E-state index in [1.54, 1.807) is 19.2 Å². The number of ketones is 1. The number of rotatable bonds is 6. The number of hydrogen-bond donors (Lipinski definition) is 1. The van der Waals surface area contributed by atoms with Crippen LogP contribution in [0.5, 0.6) is 11.5 Å². The Morgan fingerprint density at radius 1 is 1.12 bits per heavy atom. The molecule has 0 bridgehead atoms. The first kappa shape index (κ1) is 22.9. The van der Waals surface area contributed by atoms with Gasteiger partial charge in [0.15, 0.2) is 5.78 Å². The molecule has 1 heterocycles. The summed E-state index contributed by atoms with van der Waals surface area (Å²) < 4.78 is 16.6. The minimum atomic E-state index is -0.522. The molecule has 7 heteroatoms. The highest BCUT2D eigenvalue weighted by atomic mass is 35.5. The predicted octanol–water partition coefficient (Wildman–Crippen LogP) is 5.07. The third kappa shape index (κ3) is 4.48. The zero-order chi connectivity index (χ0) is 23.5. The predicted molar refractivity (Wildman–Crippen MR) is 125 cm³/mol. The number of benzene rings is 2. The molecule has 33 heavy (non-hydrogen) atoms. The number of esters is 1. The lowest BCUT2D eigenvalue weighted by Crippen LogP contribution is -2.34. The number of dihydropyridines is 1. The highest BCUT2D eigenvalue weighted by Crippen LogP contribution is 2.43. The number of nitrogens with one attached hydrogen (secondary N) is 1. The van der Waals surface area contributed by atoms with Crippen molar-refractivity contribution in [3.63, 3.8) is 0 Å². The Morgan fingerprint density at radius 3 is 2.64 bits per heavy atom. The van der Waals surface area contributed by atoms with Crippen LogP contribution in [0.1, 0.15) is 43.2 Å². The van der Waals surface area contributed by atoms with Crippen molar-refractivity contribution in [2.45, 2.75) is 38.7 Å². The minimum Gasteiger partial charge on any atom is -0.496 e. The molecule has 2 aromatic rings. The maximum Gasteiger partial charge on any atom is 0.336 e. The first-order valence-electron chi connectivity index (χ1n) is 10.8. The summed E-state index contributed by atoms with van der Waals surface area (Å²) in [6.45, 7) is 2.05. The van der Waals surface area contributed by atoms with Crippen molar-refractivity contribution >= 4 is 23.4 Å². The van der Waals surface area contributed by atoms with Gasteiger partial charge in [-0.3, -0.25) is 4.79 Å². The molecule has 2 aromatic carbocycles. The van der Waals surface area contributed by atoms with Gasteiger partial charge in [0.05, 0.1) is 24.8 Å². The van der Waals surface area contributed by atoms with Crippen LogP contribution < -0.4 is 14.8 Å². The molecule has 0 saturated heterocycles. The van der Waals surface area contributed by atoms with E-state index >= 15 is 0 Å². The van der Waals surface area contributed by atoms with Crippen LogP contribution in [-0.2, 0) is 20.9 Å². The maximum absolute atomic E-state index is 13.0. The molecule has 1 atom stereocenters. The summed E-state index contributed by atoms with van der Waals surface area (Å²) in [5.74, 6) is 0.273. The van der Waals surface area contributed by atoms with Crippen LogP contribution in [0.4, 0.5) is 0 Å². The van der Waals surface area contributed by atoms with Crippen molar-refractivity contribution in [3.05, 3.63) is 81.2 Å². The monoisotopic (exact) mass is 467 g/mol. The van der Waals surface area contributed by atoms with E-state index < -0.39 is 11.9 Å². The second-order valence-corrected chi connectivity index (χ2v) is 8.45. The maximum atomic E-state index is 13.0. The quantitative estimate of drug-likeness (QED) is 0.598. The zero-order valence-electron chi connectivity index (χ0n) is 18.9. The number of para-hydroxylation sites is 1. The Hall–Kier alpha value is -3.25. The molecule has 1 N–H and O–H groups in total. The third-order valence-corrected chi connectivity index (χ3v) is 6.35. The number of methoxy groups -OCH3 is 2. The Bertz CT molecular complexity index is 1170. The lowest BCUT2D eigenvalue weighted by molar-refractivity contribution is -0.136. The Balaban J connectivity index is 1.77.